The first-order valence-corrected chi connectivity index (χ1v) is 8.41. The fourth-order valence-corrected chi connectivity index (χ4v) is 4.26. The van der Waals surface area contributed by atoms with Gasteiger partial charge in [0, 0.05) is 31.3 Å². The van der Waals surface area contributed by atoms with Crippen LogP contribution in [0.1, 0.15) is 51.9 Å². The second-order valence-electron chi connectivity index (χ2n) is 6.81. The Kier molecular flexibility index (Phi) is 4.78. The van der Waals surface area contributed by atoms with Gasteiger partial charge in [0.1, 0.15) is 0 Å². The zero-order valence-electron chi connectivity index (χ0n) is 12.4. The molecule has 0 aromatic carbocycles. The molecule has 3 atom stereocenters. The molecular weight excluding hydrogens is 236 g/mol. The van der Waals surface area contributed by atoms with Crippen molar-refractivity contribution in [3.05, 3.63) is 0 Å². The van der Waals surface area contributed by atoms with Crippen molar-refractivity contribution in [2.75, 3.05) is 26.3 Å². The molecule has 3 rings (SSSR count). The van der Waals surface area contributed by atoms with E-state index in [2.05, 4.69) is 17.1 Å². The highest BCUT2D eigenvalue weighted by molar-refractivity contribution is 4.90. The summed E-state index contributed by atoms with van der Waals surface area (Å²) in [4.78, 5) is 2.76. The zero-order valence-corrected chi connectivity index (χ0v) is 12.4. The Morgan fingerprint density at radius 3 is 2.63 bits per heavy atom. The SMILES string of the molecule is CC1CCNC(C2CCCCC2)CN1C1CCOC1. The Morgan fingerprint density at radius 2 is 1.89 bits per heavy atom. The molecule has 19 heavy (non-hydrogen) atoms. The van der Waals surface area contributed by atoms with Gasteiger partial charge in [-0.15, -0.1) is 0 Å². The molecule has 2 saturated heterocycles. The van der Waals surface area contributed by atoms with Crippen molar-refractivity contribution in [2.24, 2.45) is 5.92 Å². The van der Waals surface area contributed by atoms with E-state index in [1.54, 1.807) is 0 Å². The number of rotatable bonds is 2. The van der Waals surface area contributed by atoms with E-state index < -0.39 is 0 Å². The maximum atomic E-state index is 5.62. The van der Waals surface area contributed by atoms with E-state index in [9.17, 15) is 0 Å². The first-order valence-electron chi connectivity index (χ1n) is 8.41. The minimum Gasteiger partial charge on any atom is -0.380 e. The van der Waals surface area contributed by atoms with Gasteiger partial charge >= 0.3 is 0 Å². The van der Waals surface area contributed by atoms with Crippen molar-refractivity contribution in [1.29, 1.82) is 0 Å². The Hall–Kier alpha value is -0.120. The number of nitrogens with one attached hydrogen (secondary N) is 1. The predicted octanol–water partition coefficient (Wildman–Crippen LogP) is 2.41. The molecule has 1 N–H and O–H groups in total. The van der Waals surface area contributed by atoms with Gasteiger partial charge in [-0.05, 0) is 45.1 Å². The summed E-state index contributed by atoms with van der Waals surface area (Å²) in [5.74, 6) is 0.920. The molecule has 1 saturated carbocycles. The van der Waals surface area contributed by atoms with Crippen LogP contribution in [0.15, 0.2) is 0 Å². The Morgan fingerprint density at radius 1 is 1.05 bits per heavy atom. The molecule has 0 aromatic heterocycles. The number of hydrogen-bond acceptors (Lipinski definition) is 3. The predicted molar refractivity (Wildman–Crippen MR) is 78.4 cm³/mol. The van der Waals surface area contributed by atoms with Crippen molar-refractivity contribution in [2.45, 2.75) is 70.0 Å². The number of nitrogens with zero attached hydrogens (tertiary/aromatic N) is 1. The molecule has 3 unspecified atom stereocenters. The molecular formula is C16H30N2O. The standard InChI is InChI=1S/C16H30N2O/c1-13-7-9-17-16(14-5-3-2-4-6-14)11-18(13)15-8-10-19-12-15/h13-17H,2-12H2,1H3. The van der Waals surface area contributed by atoms with E-state index >= 15 is 0 Å². The van der Waals surface area contributed by atoms with Crippen molar-refractivity contribution >= 4 is 0 Å². The summed E-state index contributed by atoms with van der Waals surface area (Å²) in [6.07, 6.45) is 9.78. The maximum Gasteiger partial charge on any atom is 0.0622 e. The first-order chi connectivity index (χ1) is 9.34. The lowest BCUT2D eigenvalue weighted by molar-refractivity contribution is 0.102. The van der Waals surface area contributed by atoms with E-state index in [4.69, 9.17) is 4.74 Å². The summed E-state index contributed by atoms with van der Waals surface area (Å²) in [6, 6.07) is 2.12. The quantitative estimate of drug-likeness (QED) is 0.830. The first kappa shape index (κ1) is 13.8. The van der Waals surface area contributed by atoms with Gasteiger partial charge in [-0.3, -0.25) is 4.90 Å². The molecule has 3 fully saturated rings. The molecule has 2 aliphatic heterocycles. The largest absolute Gasteiger partial charge is 0.380 e. The summed E-state index contributed by atoms with van der Waals surface area (Å²) in [5, 5.41) is 3.85. The van der Waals surface area contributed by atoms with Crippen LogP contribution >= 0.6 is 0 Å². The van der Waals surface area contributed by atoms with Gasteiger partial charge in [0.15, 0.2) is 0 Å². The van der Waals surface area contributed by atoms with E-state index in [-0.39, 0.29) is 0 Å². The maximum absolute atomic E-state index is 5.62. The van der Waals surface area contributed by atoms with Gasteiger partial charge in [0.05, 0.1) is 6.61 Å². The molecule has 0 bridgehead atoms. The summed E-state index contributed by atoms with van der Waals surface area (Å²) in [5.41, 5.74) is 0. The Balaban J connectivity index is 1.64. The topological polar surface area (TPSA) is 24.5 Å². The third-order valence-electron chi connectivity index (χ3n) is 5.54. The molecule has 110 valence electrons. The summed E-state index contributed by atoms with van der Waals surface area (Å²) in [6.45, 7) is 6.78. The monoisotopic (exact) mass is 266 g/mol. The van der Waals surface area contributed by atoms with Crippen molar-refractivity contribution in [1.82, 2.24) is 10.2 Å². The van der Waals surface area contributed by atoms with Crippen molar-refractivity contribution in [3.63, 3.8) is 0 Å². The molecule has 2 heterocycles. The van der Waals surface area contributed by atoms with Gasteiger partial charge in [-0.1, -0.05) is 19.3 Å². The van der Waals surface area contributed by atoms with Gasteiger partial charge < -0.3 is 10.1 Å². The molecule has 0 aromatic rings. The lowest BCUT2D eigenvalue weighted by Crippen LogP contribution is -2.49. The molecule has 0 amide bonds. The van der Waals surface area contributed by atoms with Crippen LogP contribution in [0.2, 0.25) is 0 Å². The van der Waals surface area contributed by atoms with Crippen LogP contribution < -0.4 is 5.32 Å². The van der Waals surface area contributed by atoms with Crippen molar-refractivity contribution < 1.29 is 4.74 Å². The van der Waals surface area contributed by atoms with Crippen LogP contribution in [0.4, 0.5) is 0 Å². The fourth-order valence-electron chi connectivity index (χ4n) is 4.26. The van der Waals surface area contributed by atoms with E-state index in [0.29, 0.717) is 12.1 Å². The van der Waals surface area contributed by atoms with Gasteiger partial charge in [-0.25, -0.2) is 0 Å². The van der Waals surface area contributed by atoms with Gasteiger partial charge in [0.25, 0.3) is 0 Å². The van der Waals surface area contributed by atoms with E-state index in [1.807, 2.05) is 0 Å². The van der Waals surface area contributed by atoms with Gasteiger partial charge in [-0.2, -0.15) is 0 Å². The molecule has 0 spiro atoms. The molecule has 0 radical (unpaired) electrons. The summed E-state index contributed by atoms with van der Waals surface area (Å²) >= 11 is 0. The van der Waals surface area contributed by atoms with Crippen LogP contribution in [0, 0.1) is 5.92 Å². The number of hydrogen-bond donors (Lipinski definition) is 1. The van der Waals surface area contributed by atoms with Gasteiger partial charge in [0.2, 0.25) is 0 Å². The minimum absolute atomic E-state index is 0.681. The second kappa shape index (κ2) is 6.55. The Labute approximate surface area is 118 Å². The Bertz CT molecular complexity index is 272. The highest BCUT2D eigenvalue weighted by Crippen LogP contribution is 2.29. The van der Waals surface area contributed by atoms with E-state index in [0.717, 1.165) is 25.2 Å². The van der Waals surface area contributed by atoms with Crippen LogP contribution in [-0.2, 0) is 4.74 Å². The van der Waals surface area contributed by atoms with Crippen LogP contribution in [0.3, 0.4) is 0 Å². The fraction of sp³-hybridized carbons (Fsp3) is 1.00. The smallest absolute Gasteiger partial charge is 0.0622 e. The highest BCUT2D eigenvalue weighted by Gasteiger charge is 2.33. The highest BCUT2D eigenvalue weighted by atomic mass is 16.5. The molecule has 1 aliphatic carbocycles. The third kappa shape index (κ3) is 3.32. The molecule has 3 nitrogen and oxygen atoms in total. The summed E-state index contributed by atoms with van der Waals surface area (Å²) in [7, 11) is 0. The number of ether oxygens (including phenoxy) is 1. The van der Waals surface area contributed by atoms with E-state index in [1.165, 1.54) is 58.0 Å². The normalized spacial score (nSPS) is 39.3. The van der Waals surface area contributed by atoms with Crippen LogP contribution in [-0.4, -0.2) is 49.3 Å². The third-order valence-corrected chi connectivity index (χ3v) is 5.54. The zero-order chi connectivity index (χ0) is 13.1. The summed E-state index contributed by atoms with van der Waals surface area (Å²) < 4.78 is 5.62. The molecule has 3 aliphatic rings. The average molecular weight is 266 g/mol. The molecule has 3 heteroatoms. The minimum atomic E-state index is 0.681. The van der Waals surface area contributed by atoms with Crippen molar-refractivity contribution in [3.8, 4) is 0 Å². The van der Waals surface area contributed by atoms with Crippen LogP contribution in [0.25, 0.3) is 0 Å². The average Bonchev–Trinajstić information content (AvgIpc) is 2.90. The van der Waals surface area contributed by atoms with Crippen LogP contribution in [0.5, 0.6) is 0 Å². The lowest BCUT2D eigenvalue weighted by atomic mass is 9.83. The lowest BCUT2D eigenvalue weighted by Gasteiger charge is -2.37. The second-order valence-corrected chi connectivity index (χ2v) is 6.81.